The van der Waals surface area contributed by atoms with Crippen LogP contribution < -0.4 is 10.1 Å². The zero-order chi connectivity index (χ0) is 14.4. The lowest BCUT2D eigenvalue weighted by molar-refractivity contribution is 0.300. The Morgan fingerprint density at radius 2 is 1.85 bits per heavy atom. The molecule has 1 N–H and O–H groups in total. The highest BCUT2D eigenvalue weighted by molar-refractivity contribution is 9.10. The third-order valence-electron chi connectivity index (χ3n) is 2.94. The van der Waals surface area contributed by atoms with Crippen molar-refractivity contribution in [2.45, 2.75) is 20.1 Å². The van der Waals surface area contributed by atoms with Crippen LogP contribution in [0.4, 0.5) is 0 Å². The zero-order valence-electron chi connectivity index (χ0n) is 11.3. The molecule has 0 aliphatic heterocycles. The highest BCUT2D eigenvalue weighted by Crippen LogP contribution is 2.30. The number of benzene rings is 2. The maximum absolute atomic E-state index is 6.15. The molecule has 0 aromatic heterocycles. The van der Waals surface area contributed by atoms with Crippen LogP contribution in [-0.4, -0.2) is 6.54 Å². The van der Waals surface area contributed by atoms with Gasteiger partial charge in [-0.3, -0.25) is 0 Å². The third kappa shape index (κ3) is 3.98. The van der Waals surface area contributed by atoms with Crippen molar-refractivity contribution in [3.05, 3.63) is 63.1 Å². The second-order valence-corrected chi connectivity index (χ2v) is 5.65. The molecule has 0 atom stereocenters. The fourth-order valence-corrected chi connectivity index (χ4v) is 2.59. The summed E-state index contributed by atoms with van der Waals surface area (Å²) >= 11 is 9.69. The Balaban J connectivity index is 2.14. The molecule has 0 aliphatic rings. The molecule has 0 saturated heterocycles. The molecule has 0 fully saturated rings. The maximum Gasteiger partial charge on any atom is 0.138 e. The Hall–Kier alpha value is -1.03. The van der Waals surface area contributed by atoms with Crippen LogP contribution in [0.3, 0.4) is 0 Å². The van der Waals surface area contributed by atoms with Crippen LogP contribution in [0.1, 0.15) is 18.1 Å². The van der Waals surface area contributed by atoms with Crippen molar-refractivity contribution in [2.24, 2.45) is 0 Å². The van der Waals surface area contributed by atoms with Gasteiger partial charge in [-0.15, -0.1) is 0 Å². The highest BCUT2D eigenvalue weighted by atomic mass is 79.9. The van der Waals surface area contributed by atoms with Crippen LogP contribution in [0.2, 0.25) is 5.02 Å². The minimum atomic E-state index is 0.460. The molecule has 0 aliphatic carbocycles. The molecule has 0 unspecified atom stereocenters. The largest absolute Gasteiger partial charge is 0.487 e. The molecule has 0 amide bonds. The smallest absolute Gasteiger partial charge is 0.138 e. The van der Waals surface area contributed by atoms with E-state index in [-0.39, 0.29) is 0 Å². The van der Waals surface area contributed by atoms with E-state index in [9.17, 15) is 0 Å². The van der Waals surface area contributed by atoms with Crippen LogP contribution in [0.15, 0.2) is 46.9 Å². The first-order valence-electron chi connectivity index (χ1n) is 6.56. The van der Waals surface area contributed by atoms with Crippen molar-refractivity contribution in [1.29, 1.82) is 0 Å². The predicted molar refractivity (Wildman–Crippen MR) is 87.3 cm³/mol. The van der Waals surface area contributed by atoms with Gasteiger partial charge in [0, 0.05) is 22.7 Å². The maximum atomic E-state index is 6.15. The summed E-state index contributed by atoms with van der Waals surface area (Å²) in [6, 6.07) is 13.8. The van der Waals surface area contributed by atoms with Gasteiger partial charge in [0.05, 0.1) is 4.47 Å². The summed E-state index contributed by atoms with van der Waals surface area (Å²) in [6.07, 6.45) is 0. The van der Waals surface area contributed by atoms with Crippen molar-refractivity contribution >= 4 is 27.5 Å². The van der Waals surface area contributed by atoms with Gasteiger partial charge in [0.25, 0.3) is 0 Å². The Morgan fingerprint density at radius 1 is 1.10 bits per heavy atom. The fraction of sp³-hybridized carbons (Fsp3) is 0.250. The van der Waals surface area contributed by atoms with E-state index in [1.807, 2.05) is 36.4 Å². The van der Waals surface area contributed by atoms with E-state index in [4.69, 9.17) is 16.3 Å². The predicted octanol–water partition coefficient (Wildman–Crippen LogP) is 4.79. The Morgan fingerprint density at radius 3 is 2.60 bits per heavy atom. The van der Waals surface area contributed by atoms with E-state index in [1.165, 1.54) is 0 Å². The summed E-state index contributed by atoms with van der Waals surface area (Å²) in [5, 5.41) is 4.04. The molecule has 0 spiro atoms. The SMILES string of the molecule is CCNCc1cccc(Br)c1OCc1ccccc1Cl. The first-order chi connectivity index (χ1) is 9.72. The number of halogens is 2. The van der Waals surface area contributed by atoms with Crippen molar-refractivity contribution in [1.82, 2.24) is 5.32 Å². The Labute approximate surface area is 133 Å². The molecular weight excluding hydrogens is 338 g/mol. The monoisotopic (exact) mass is 353 g/mol. The minimum Gasteiger partial charge on any atom is -0.487 e. The summed E-state index contributed by atoms with van der Waals surface area (Å²) in [7, 11) is 0. The molecule has 2 aromatic carbocycles. The second kappa shape index (κ2) is 7.67. The standard InChI is InChI=1S/C16H17BrClNO/c1-2-19-10-12-7-5-8-14(17)16(12)20-11-13-6-3-4-9-15(13)18/h3-9,19H,2,10-11H2,1H3. The summed E-state index contributed by atoms with van der Waals surface area (Å²) in [6.45, 7) is 4.26. The van der Waals surface area contributed by atoms with Crippen LogP contribution in [0, 0.1) is 0 Å². The van der Waals surface area contributed by atoms with Gasteiger partial charge in [0.2, 0.25) is 0 Å². The van der Waals surface area contributed by atoms with Gasteiger partial charge in [-0.25, -0.2) is 0 Å². The summed E-state index contributed by atoms with van der Waals surface area (Å²) in [5.74, 6) is 0.869. The van der Waals surface area contributed by atoms with Crippen LogP contribution >= 0.6 is 27.5 Å². The van der Waals surface area contributed by atoms with Crippen molar-refractivity contribution in [2.75, 3.05) is 6.54 Å². The lowest BCUT2D eigenvalue weighted by Gasteiger charge is -2.14. The number of ether oxygens (including phenoxy) is 1. The molecule has 2 aromatic rings. The van der Waals surface area contributed by atoms with Crippen LogP contribution in [0.5, 0.6) is 5.75 Å². The van der Waals surface area contributed by atoms with Gasteiger partial charge in [-0.2, -0.15) is 0 Å². The van der Waals surface area contributed by atoms with E-state index in [2.05, 4.69) is 34.2 Å². The van der Waals surface area contributed by atoms with Gasteiger partial charge in [-0.05, 0) is 34.6 Å². The van der Waals surface area contributed by atoms with E-state index in [1.54, 1.807) is 0 Å². The fourth-order valence-electron chi connectivity index (χ4n) is 1.88. The molecule has 0 radical (unpaired) electrons. The number of para-hydroxylation sites is 1. The van der Waals surface area contributed by atoms with Crippen molar-refractivity contribution in [3.63, 3.8) is 0 Å². The lowest BCUT2D eigenvalue weighted by Crippen LogP contribution is -2.13. The van der Waals surface area contributed by atoms with Gasteiger partial charge in [0.15, 0.2) is 0 Å². The summed E-state index contributed by atoms with van der Waals surface area (Å²) < 4.78 is 6.92. The minimum absolute atomic E-state index is 0.460. The number of rotatable bonds is 6. The number of hydrogen-bond donors (Lipinski definition) is 1. The van der Waals surface area contributed by atoms with Crippen LogP contribution in [-0.2, 0) is 13.2 Å². The third-order valence-corrected chi connectivity index (χ3v) is 3.94. The van der Waals surface area contributed by atoms with E-state index >= 15 is 0 Å². The second-order valence-electron chi connectivity index (χ2n) is 4.39. The van der Waals surface area contributed by atoms with Crippen molar-refractivity contribution in [3.8, 4) is 5.75 Å². The number of hydrogen-bond acceptors (Lipinski definition) is 2. The summed E-state index contributed by atoms with van der Waals surface area (Å²) in [5.41, 5.74) is 2.12. The van der Waals surface area contributed by atoms with Gasteiger partial charge >= 0.3 is 0 Å². The van der Waals surface area contributed by atoms with Gasteiger partial charge in [0.1, 0.15) is 12.4 Å². The summed E-state index contributed by atoms with van der Waals surface area (Å²) in [4.78, 5) is 0. The van der Waals surface area contributed by atoms with Gasteiger partial charge < -0.3 is 10.1 Å². The molecule has 2 rings (SSSR count). The van der Waals surface area contributed by atoms with E-state index in [0.29, 0.717) is 6.61 Å². The van der Waals surface area contributed by atoms with E-state index in [0.717, 1.165) is 39.5 Å². The average Bonchev–Trinajstić information content (AvgIpc) is 2.45. The molecule has 4 heteroatoms. The molecule has 20 heavy (non-hydrogen) atoms. The molecule has 0 bridgehead atoms. The van der Waals surface area contributed by atoms with Crippen LogP contribution in [0.25, 0.3) is 0 Å². The Bertz CT molecular complexity index is 574. The molecule has 0 saturated carbocycles. The van der Waals surface area contributed by atoms with E-state index < -0.39 is 0 Å². The lowest BCUT2D eigenvalue weighted by atomic mass is 10.2. The average molecular weight is 355 g/mol. The molecule has 0 heterocycles. The first-order valence-corrected chi connectivity index (χ1v) is 7.73. The molecule has 2 nitrogen and oxygen atoms in total. The zero-order valence-corrected chi connectivity index (χ0v) is 13.7. The highest BCUT2D eigenvalue weighted by Gasteiger charge is 2.09. The Kier molecular flexibility index (Phi) is 5.89. The van der Waals surface area contributed by atoms with Crippen molar-refractivity contribution < 1.29 is 4.74 Å². The first kappa shape index (κ1) is 15.4. The quantitative estimate of drug-likeness (QED) is 0.805. The normalized spacial score (nSPS) is 10.6. The van der Waals surface area contributed by atoms with Gasteiger partial charge in [-0.1, -0.05) is 48.9 Å². The number of nitrogens with one attached hydrogen (secondary N) is 1. The molecular formula is C16H17BrClNO. The topological polar surface area (TPSA) is 21.3 Å². The molecule has 106 valence electrons.